The van der Waals surface area contributed by atoms with Gasteiger partial charge in [0.2, 0.25) is 5.13 Å². The van der Waals surface area contributed by atoms with Crippen LogP contribution < -0.4 is 10.1 Å². The molecule has 0 radical (unpaired) electrons. The number of nitrogens with one attached hydrogen (secondary N) is 1. The van der Waals surface area contributed by atoms with Crippen molar-refractivity contribution >= 4 is 55.4 Å². The van der Waals surface area contributed by atoms with Gasteiger partial charge in [0.05, 0.1) is 12.1 Å². The van der Waals surface area contributed by atoms with Crippen molar-refractivity contribution in [3.8, 4) is 5.75 Å². The molecule has 0 fully saturated rings. The number of nitrogens with zero attached hydrogens (tertiary/aromatic N) is 2. The molecular weight excluding hydrogens is 318 g/mol. The van der Waals surface area contributed by atoms with Crippen LogP contribution in [0.1, 0.15) is 9.67 Å². The zero-order chi connectivity index (χ0) is 14.1. The van der Waals surface area contributed by atoms with E-state index in [0.717, 1.165) is 10.1 Å². The summed E-state index contributed by atoms with van der Waals surface area (Å²) in [4.78, 5) is 12.6. The molecule has 5 nitrogen and oxygen atoms in total. The van der Waals surface area contributed by atoms with E-state index in [1.54, 1.807) is 12.6 Å². The lowest BCUT2D eigenvalue weighted by molar-refractivity contribution is 0.103. The fraction of sp³-hybridized carbons (Fsp3) is 0.0833. The highest BCUT2D eigenvalue weighted by Gasteiger charge is 2.18. The van der Waals surface area contributed by atoms with Crippen molar-refractivity contribution in [3.63, 3.8) is 0 Å². The van der Waals surface area contributed by atoms with Gasteiger partial charge in [0.15, 0.2) is 0 Å². The van der Waals surface area contributed by atoms with Gasteiger partial charge in [0, 0.05) is 10.1 Å². The number of amides is 1. The molecule has 0 bridgehead atoms. The monoisotopic (exact) mass is 325 g/mol. The van der Waals surface area contributed by atoms with Crippen LogP contribution in [0.4, 0.5) is 5.13 Å². The van der Waals surface area contributed by atoms with Gasteiger partial charge in [-0.15, -0.1) is 21.5 Å². The van der Waals surface area contributed by atoms with E-state index < -0.39 is 0 Å². The minimum atomic E-state index is -0.285. The van der Waals surface area contributed by atoms with E-state index in [1.165, 1.54) is 22.7 Å². The minimum Gasteiger partial charge on any atom is -0.497 e. The number of fused-ring (bicyclic) bond motifs is 1. The standard InChI is InChI=1S/C12H8ClN3O2S2/c1-18-6-2-3-8-7(4-6)9(13)10(20-8)11(17)15-12-16-14-5-19-12/h2-5H,1H3,(H,15,16,17). The predicted octanol–water partition coefficient (Wildman–Crippen LogP) is 3.67. The molecule has 102 valence electrons. The largest absolute Gasteiger partial charge is 0.497 e. The maximum atomic E-state index is 12.2. The van der Waals surface area contributed by atoms with Gasteiger partial charge >= 0.3 is 0 Å². The van der Waals surface area contributed by atoms with Crippen LogP contribution in [0.3, 0.4) is 0 Å². The zero-order valence-corrected chi connectivity index (χ0v) is 12.6. The highest BCUT2D eigenvalue weighted by molar-refractivity contribution is 7.21. The Bertz CT molecular complexity index is 770. The van der Waals surface area contributed by atoms with Gasteiger partial charge in [-0.1, -0.05) is 22.9 Å². The normalized spacial score (nSPS) is 10.7. The Hall–Kier alpha value is -1.70. The van der Waals surface area contributed by atoms with Crippen molar-refractivity contribution in [1.29, 1.82) is 0 Å². The summed E-state index contributed by atoms with van der Waals surface area (Å²) in [6.45, 7) is 0. The van der Waals surface area contributed by atoms with Crippen LogP contribution in [0.5, 0.6) is 5.75 Å². The molecular formula is C12H8ClN3O2S2. The van der Waals surface area contributed by atoms with Crippen molar-refractivity contribution in [2.45, 2.75) is 0 Å². The third-order valence-electron chi connectivity index (χ3n) is 2.62. The molecule has 1 amide bonds. The molecule has 0 aliphatic heterocycles. The lowest BCUT2D eigenvalue weighted by atomic mass is 10.2. The fourth-order valence-electron chi connectivity index (χ4n) is 1.70. The summed E-state index contributed by atoms with van der Waals surface area (Å²) in [5, 5.41) is 11.8. The molecule has 0 aliphatic rings. The van der Waals surface area contributed by atoms with Crippen molar-refractivity contribution < 1.29 is 9.53 Å². The quantitative estimate of drug-likeness (QED) is 0.798. The lowest BCUT2D eigenvalue weighted by Gasteiger charge is -1.99. The van der Waals surface area contributed by atoms with E-state index in [0.29, 0.717) is 20.8 Å². The number of rotatable bonds is 3. The molecule has 3 rings (SSSR count). The highest BCUT2D eigenvalue weighted by Crippen LogP contribution is 2.37. The number of hydrogen-bond acceptors (Lipinski definition) is 6. The van der Waals surface area contributed by atoms with Gasteiger partial charge in [-0.05, 0) is 18.2 Å². The maximum absolute atomic E-state index is 12.2. The highest BCUT2D eigenvalue weighted by atomic mass is 35.5. The van der Waals surface area contributed by atoms with Crippen molar-refractivity contribution in [2.75, 3.05) is 12.4 Å². The van der Waals surface area contributed by atoms with Crippen LogP contribution in [-0.2, 0) is 0 Å². The predicted molar refractivity (Wildman–Crippen MR) is 81.2 cm³/mol. The number of benzene rings is 1. The number of hydrogen-bond donors (Lipinski definition) is 1. The number of ether oxygens (including phenoxy) is 1. The van der Waals surface area contributed by atoms with E-state index >= 15 is 0 Å². The van der Waals surface area contributed by atoms with Crippen LogP contribution >= 0.6 is 34.3 Å². The lowest BCUT2D eigenvalue weighted by Crippen LogP contribution is -2.10. The summed E-state index contributed by atoms with van der Waals surface area (Å²) in [5.41, 5.74) is 1.55. The Kier molecular flexibility index (Phi) is 3.56. The molecule has 2 heterocycles. The fourth-order valence-corrected chi connectivity index (χ4v) is 3.53. The molecule has 0 aliphatic carbocycles. The van der Waals surface area contributed by atoms with Gasteiger partial charge in [-0.25, -0.2) is 0 Å². The Balaban J connectivity index is 1.99. The van der Waals surface area contributed by atoms with Crippen molar-refractivity contribution in [1.82, 2.24) is 10.2 Å². The van der Waals surface area contributed by atoms with Crippen molar-refractivity contribution in [3.05, 3.63) is 33.6 Å². The average molecular weight is 326 g/mol. The average Bonchev–Trinajstić information content (AvgIpc) is 3.07. The number of carbonyl (C=O) groups excluding carboxylic acids is 1. The smallest absolute Gasteiger partial charge is 0.269 e. The number of methoxy groups -OCH3 is 1. The first-order chi connectivity index (χ1) is 9.69. The molecule has 0 saturated carbocycles. The second-order valence-electron chi connectivity index (χ2n) is 3.81. The van der Waals surface area contributed by atoms with E-state index in [-0.39, 0.29) is 5.91 Å². The number of carbonyl (C=O) groups is 1. The van der Waals surface area contributed by atoms with Crippen LogP contribution in [-0.4, -0.2) is 23.2 Å². The van der Waals surface area contributed by atoms with Crippen molar-refractivity contribution in [2.24, 2.45) is 0 Å². The summed E-state index contributed by atoms with van der Waals surface area (Å²) in [7, 11) is 1.59. The molecule has 2 aromatic heterocycles. The summed E-state index contributed by atoms with van der Waals surface area (Å²) in [6.07, 6.45) is 0. The summed E-state index contributed by atoms with van der Waals surface area (Å²) in [5.74, 6) is 0.417. The van der Waals surface area contributed by atoms with E-state index in [4.69, 9.17) is 16.3 Å². The molecule has 8 heteroatoms. The Morgan fingerprint density at radius 3 is 3.00 bits per heavy atom. The molecule has 20 heavy (non-hydrogen) atoms. The Morgan fingerprint density at radius 1 is 1.45 bits per heavy atom. The summed E-state index contributed by atoms with van der Waals surface area (Å²) >= 11 is 8.86. The second-order valence-corrected chi connectivity index (χ2v) is 6.07. The molecule has 1 N–H and O–H groups in total. The second kappa shape index (κ2) is 5.35. The van der Waals surface area contributed by atoms with Crippen LogP contribution in [0.25, 0.3) is 10.1 Å². The molecule has 3 aromatic rings. The molecule has 0 saturated heterocycles. The molecule has 0 spiro atoms. The number of halogens is 1. The van der Waals surface area contributed by atoms with Gasteiger partial charge in [-0.3, -0.25) is 10.1 Å². The van der Waals surface area contributed by atoms with Gasteiger partial charge in [0.1, 0.15) is 16.1 Å². The third-order valence-corrected chi connectivity index (χ3v) is 4.90. The third kappa shape index (κ3) is 2.35. The van der Waals surface area contributed by atoms with Gasteiger partial charge < -0.3 is 4.74 Å². The van der Waals surface area contributed by atoms with Gasteiger partial charge in [0.25, 0.3) is 5.91 Å². The van der Waals surface area contributed by atoms with Crippen LogP contribution in [0.15, 0.2) is 23.7 Å². The summed E-state index contributed by atoms with van der Waals surface area (Å²) in [6, 6.07) is 5.53. The number of aromatic nitrogens is 2. The number of thiophene rings is 1. The minimum absolute atomic E-state index is 0.285. The van der Waals surface area contributed by atoms with Gasteiger partial charge in [-0.2, -0.15) is 0 Å². The first-order valence-corrected chi connectivity index (χ1v) is 7.60. The molecule has 0 unspecified atom stereocenters. The van der Waals surface area contributed by atoms with Crippen LogP contribution in [0.2, 0.25) is 5.02 Å². The zero-order valence-electron chi connectivity index (χ0n) is 10.2. The van der Waals surface area contributed by atoms with E-state index in [1.807, 2.05) is 18.2 Å². The first kappa shape index (κ1) is 13.3. The van der Waals surface area contributed by atoms with Crippen LogP contribution in [0, 0.1) is 0 Å². The molecule has 1 aromatic carbocycles. The van der Waals surface area contributed by atoms with E-state index in [2.05, 4.69) is 15.5 Å². The summed E-state index contributed by atoms with van der Waals surface area (Å²) < 4.78 is 6.09. The SMILES string of the molecule is COc1ccc2sc(C(=O)Nc3nncs3)c(Cl)c2c1. The number of anilines is 1. The topological polar surface area (TPSA) is 64.1 Å². The molecule has 0 atom stereocenters. The van der Waals surface area contributed by atoms with E-state index in [9.17, 15) is 4.79 Å². The Morgan fingerprint density at radius 2 is 2.30 bits per heavy atom. The Labute approximate surface area is 127 Å². The maximum Gasteiger partial charge on any atom is 0.269 e. The first-order valence-electron chi connectivity index (χ1n) is 5.52.